The number of hydrogen-bond acceptors (Lipinski definition) is 5. The summed E-state index contributed by atoms with van der Waals surface area (Å²) in [5.74, 6) is -0.127. The zero-order chi connectivity index (χ0) is 17.1. The number of benzene rings is 1. The van der Waals surface area contributed by atoms with Crippen molar-refractivity contribution in [3.8, 4) is 9.88 Å². The average Bonchev–Trinajstić information content (AvgIpc) is 3.16. The standard InChI is InChI=1S/C17H13BrN2O2S2/c1-10(21)11-2-4-13(5-3-11)19-16(22)7-14-9-24-17(20-14)15-6-12(18)8-23-15/h2-6,8-9H,7H2,1H3,(H,19,22). The first-order chi connectivity index (χ1) is 11.5. The fourth-order valence-electron chi connectivity index (χ4n) is 2.08. The molecule has 122 valence electrons. The lowest BCUT2D eigenvalue weighted by atomic mass is 10.1. The van der Waals surface area contributed by atoms with E-state index in [0.717, 1.165) is 20.1 Å². The molecule has 0 bridgehead atoms. The van der Waals surface area contributed by atoms with Gasteiger partial charge in [0.25, 0.3) is 0 Å². The third kappa shape index (κ3) is 4.17. The number of rotatable bonds is 5. The summed E-state index contributed by atoms with van der Waals surface area (Å²) in [6, 6.07) is 8.87. The lowest BCUT2D eigenvalue weighted by Gasteiger charge is -2.04. The van der Waals surface area contributed by atoms with E-state index in [4.69, 9.17) is 0 Å². The Morgan fingerprint density at radius 2 is 1.92 bits per heavy atom. The molecule has 2 heterocycles. The van der Waals surface area contributed by atoms with Gasteiger partial charge in [-0.1, -0.05) is 0 Å². The number of hydrogen-bond donors (Lipinski definition) is 1. The Morgan fingerprint density at radius 1 is 1.17 bits per heavy atom. The summed E-state index contributed by atoms with van der Waals surface area (Å²) in [5, 5.41) is 7.65. The van der Waals surface area contributed by atoms with E-state index in [1.165, 1.54) is 18.3 Å². The van der Waals surface area contributed by atoms with E-state index < -0.39 is 0 Å². The molecule has 0 spiro atoms. The number of amides is 1. The molecule has 24 heavy (non-hydrogen) atoms. The molecule has 4 nitrogen and oxygen atoms in total. The zero-order valence-electron chi connectivity index (χ0n) is 12.7. The van der Waals surface area contributed by atoms with Crippen LogP contribution >= 0.6 is 38.6 Å². The molecular formula is C17H13BrN2O2S2. The van der Waals surface area contributed by atoms with Gasteiger partial charge in [-0.05, 0) is 53.2 Å². The predicted octanol–water partition coefficient (Wildman–Crippen LogP) is 5.02. The molecule has 0 saturated heterocycles. The Kier molecular flexibility index (Phi) is 5.23. The Balaban J connectivity index is 1.62. The summed E-state index contributed by atoms with van der Waals surface area (Å²) >= 11 is 6.57. The minimum absolute atomic E-state index is 0.00286. The molecule has 3 aromatic rings. The number of carbonyl (C=O) groups is 2. The highest BCUT2D eigenvalue weighted by Gasteiger charge is 2.11. The molecule has 1 aromatic carbocycles. The smallest absolute Gasteiger partial charge is 0.230 e. The maximum absolute atomic E-state index is 12.1. The van der Waals surface area contributed by atoms with Crippen LogP contribution in [0.25, 0.3) is 9.88 Å². The summed E-state index contributed by atoms with van der Waals surface area (Å²) in [4.78, 5) is 29.0. The Labute approximate surface area is 155 Å². The maximum Gasteiger partial charge on any atom is 0.230 e. The van der Waals surface area contributed by atoms with E-state index in [1.807, 2.05) is 16.8 Å². The SMILES string of the molecule is CC(=O)c1ccc(NC(=O)Cc2csc(-c3cc(Br)cs3)n2)cc1. The van der Waals surface area contributed by atoms with Gasteiger partial charge in [-0.2, -0.15) is 0 Å². The van der Waals surface area contributed by atoms with Gasteiger partial charge in [0.2, 0.25) is 5.91 Å². The summed E-state index contributed by atoms with van der Waals surface area (Å²) in [6.45, 7) is 1.51. The van der Waals surface area contributed by atoms with Crippen LogP contribution in [0.3, 0.4) is 0 Å². The van der Waals surface area contributed by atoms with Crippen LogP contribution in [0.2, 0.25) is 0 Å². The van der Waals surface area contributed by atoms with Crippen LogP contribution < -0.4 is 5.32 Å². The van der Waals surface area contributed by atoms with E-state index in [2.05, 4.69) is 26.2 Å². The highest BCUT2D eigenvalue weighted by atomic mass is 79.9. The van der Waals surface area contributed by atoms with Gasteiger partial charge in [-0.15, -0.1) is 22.7 Å². The first-order valence-electron chi connectivity index (χ1n) is 7.11. The second-order valence-electron chi connectivity index (χ2n) is 5.13. The Morgan fingerprint density at radius 3 is 2.54 bits per heavy atom. The number of halogens is 1. The maximum atomic E-state index is 12.1. The van der Waals surface area contributed by atoms with Crippen LogP contribution in [-0.2, 0) is 11.2 Å². The number of ketones is 1. The van der Waals surface area contributed by atoms with Gasteiger partial charge in [0, 0.05) is 26.5 Å². The molecule has 7 heteroatoms. The first-order valence-corrected chi connectivity index (χ1v) is 9.66. The van der Waals surface area contributed by atoms with Gasteiger partial charge < -0.3 is 5.32 Å². The number of thiazole rings is 1. The molecule has 0 fully saturated rings. The summed E-state index contributed by atoms with van der Waals surface area (Å²) < 4.78 is 1.03. The van der Waals surface area contributed by atoms with Crippen molar-refractivity contribution in [2.75, 3.05) is 5.32 Å². The molecule has 0 aliphatic heterocycles. The quantitative estimate of drug-likeness (QED) is 0.589. The monoisotopic (exact) mass is 420 g/mol. The van der Waals surface area contributed by atoms with E-state index >= 15 is 0 Å². The fraction of sp³-hybridized carbons (Fsp3) is 0.118. The van der Waals surface area contributed by atoms with E-state index in [1.54, 1.807) is 35.6 Å². The lowest BCUT2D eigenvalue weighted by Crippen LogP contribution is -2.14. The van der Waals surface area contributed by atoms with Crippen molar-refractivity contribution in [1.82, 2.24) is 4.98 Å². The lowest BCUT2D eigenvalue weighted by molar-refractivity contribution is -0.115. The van der Waals surface area contributed by atoms with E-state index in [9.17, 15) is 9.59 Å². The molecule has 0 atom stereocenters. The number of nitrogens with zero attached hydrogens (tertiary/aromatic N) is 1. The van der Waals surface area contributed by atoms with Crippen LogP contribution in [-0.4, -0.2) is 16.7 Å². The van der Waals surface area contributed by atoms with E-state index in [-0.39, 0.29) is 18.1 Å². The number of anilines is 1. The second kappa shape index (κ2) is 7.38. The van der Waals surface area contributed by atoms with Crippen molar-refractivity contribution in [2.24, 2.45) is 0 Å². The first kappa shape index (κ1) is 17.0. The summed E-state index contributed by atoms with van der Waals surface area (Å²) in [6.07, 6.45) is 0.220. The number of carbonyl (C=O) groups excluding carboxylic acids is 2. The Bertz CT molecular complexity index is 884. The van der Waals surface area contributed by atoms with Crippen molar-refractivity contribution in [1.29, 1.82) is 0 Å². The van der Waals surface area contributed by atoms with Crippen molar-refractivity contribution in [3.63, 3.8) is 0 Å². The minimum Gasteiger partial charge on any atom is -0.326 e. The minimum atomic E-state index is -0.130. The third-order valence-electron chi connectivity index (χ3n) is 3.25. The molecule has 1 N–H and O–H groups in total. The molecule has 0 aliphatic rings. The van der Waals surface area contributed by atoms with Gasteiger partial charge in [0.1, 0.15) is 5.01 Å². The Hall–Kier alpha value is -1.83. The predicted molar refractivity (Wildman–Crippen MR) is 102 cm³/mol. The number of Topliss-reactive ketones (excluding diaryl/α,β-unsaturated/α-hetero) is 1. The topological polar surface area (TPSA) is 59.1 Å². The highest BCUT2D eigenvalue weighted by Crippen LogP contribution is 2.32. The van der Waals surface area contributed by atoms with Crippen molar-refractivity contribution >= 4 is 56.0 Å². The van der Waals surface area contributed by atoms with Crippen LogP contribution in [0.15, 0.2) is 45.6 Å². The van der Waals surface area contributed by atoms with Crippen LogP contribution in [0.5, 0.6) is 0 Å². The van der Waals surface area contributed by atoms with Gasteiger partial charge >= 0.3 is 0 Å². The molecule has 0 radical (unpaired) electrons. The van der Waals surface area contributed by atoms with Gasteiger partial charge in [0.15, 0.2) is 5.78 Å². The van der Waals surface area contributed by atoms with E-state index in [0.29, 0.717) is 11.3 Å². The zero-order valence-corrected chi connectivity index (χ0v) is 15.9. The largest absolute Gasteiger partial charge is 0.326 e. The van der Waals surface area contributed by atoms with Gasteiger partial charge in [0.05, 0.1) is 17.0 Å². The second-order valence-corrected chi connectivity index (χ2v) is 7.82. The molecule has 0 aliphatic carbocycles. The van der Waals surface area contributed by atoms with Crippen molar-refractivity contribution < 1.29 is 9.59 Å². The van der Waals surface area contributed by atoms with Gasteiger partial charge in [-0.3, -0.25) is 9.59 Å². The van der Waals surface area contributed by atoms with Crippen LogP contribution in [0.1, 0.15) is 23.0 Å². The molecule has 1 amide bonds. The normalized spacial score (nSPS) is 10.6. The number of nitrogens with one attached hydrogen (secondary N) is 1. The average molecular weight is 421 g/mol. The third-order valence-corrected chi connectivity index (χ3v) is 6.00. The molecule has 2 aromatic heterocycles. The molecule has 3 rings (SSSR count). The molecular weight excluding hydrogens is 408 g/mol. The summed E-state index contributed by atoms with van der Waals surface area (Å²) in [7, 11) is 0. The molecule has 0 saturated carbocycles. The highest BCUT2D eigenvalue weighted by molar-refractivity contribution is 9.10. The fourth-order valence-corrected chi connectivity index (χ4v) is 4.41. The number of thiophene rings is 1. The molecule has 0 unspecified atom stereocenters. The van der Waals surface area contributed by atoms with Crippen LogP contribution in [0, 0.1) is 0 Å². The number of aromatic nitrogens is 1. The summed E-state index contributed by atoms with van der Waals surface area (Å²) in [5.41, 5.74) is 2.04. The van der Waals surface area contributed by atoms with Crippen LogP contribution in [0.4, 0.5) is 5.69 Å². The van der Waals surface area contributed by atoms with Gasteiger partial charge in [-0.25, -0.2) is 4.98 Å². The van der Waals surface area contributed by atoms with Crippen molar-refractivity contribution in [3.05, 3.63) is 56.8 Å². The van der Waals surface area contributed by atoms with Crippen molar-refractivity contribution in [2.45, 2.75) is 13.3 Å².